The van der Waals surface area contributed by atoms with Gasteiger partial charge in [0.1, 0.15) is 36.0 Å². The number of ether oxygens (including phenoxy) is 1. The van der Waals surface area contributed by atoms with Crippen molar-refractivity contribution in [3.63, 3.8) is 0 Å². The van der Waals surface area contributed by atoms with Crippen LogP contribution in [0.2, 0.25) is 5.02 Å². The van der Waals surface area contributed by atoms with Gasteiger partial charge in [0.05, 0.1) is 11.4 Å². The maximum atomic E-state index is 13.4. The average Bonchev–Trinajstić information content (AvgIpc) is 3.15. The molecule has 1 amide bonds. The third-order valence-corrected chi connectivity index (χ3v) is 5.32. The van der Waals surface area contributed by atoms with E-state index in [-0.39, 0.29) is 35.1 Å². The number of rotatable bonds is 4. The summed E-state index contributed by atoms with van der Waals surface area (Å²) in [5.74, 6) is 5.73. The van der Waals surface area contributed by atoms with Crippen LogP contribution >= 0.6 is 11.6 Å². The highest BCUT2D eigenvalue weighted by atomic mass is 35.5. The van der Waals surface area contributed by atoms with E-state index < -0.39 is 5.82 Å². The summed E-state index contributed by atoms with van der Waals surface area (Å²) in [4.78, 5) is 22.2. The molecule has 2 aromatic heterocycles. The Balaban J connectivity index is 1.60. The number of nitrogens with two attached hydrogens (primary N) is 1. The highest BCUT2D eigenvalue weighted by molar-refractivity contribution is 6.30. The molecule has 1 aliphatic heterocycles. The molecule has 0 aliphatic carbocycles. The molecule has 1 unspecified atom stereocenters. The van der Waals surface area contributed by atoms with Crippen LogP contribution in [-0.4, -0.2) is 50.3 Å². The van der Waals surface area contributed by atoms with Crippen molar-refractivity contribution in [3.05, 3.63) is 53.7 Å². The zero-order chi connectivity index (χ0) is 22.7. The van der Waals surface area contributed by atoms with Gasteiger partial charge in [-0.25, -0.2) is 19.0 Å². The van der Waals surface area contributed by atoms with Crippen molar-refractivity contribution >= 4 is 34.4 Å². The minimum Gasteiger partial charge on any atom is -0.481 e. The van der Waals surface area contributed by atoms with E-state index in [1.165, 1.54) is 30.6 Å². The van der Waals surface area contributed by atoms with Crippen molar-refractivity contribution in [1.29, 1.82) is 0 Å². The monoisotopic (exact) mass is 454 g/mol. The van der Waals surface area contributed by atoms with Gasteiger partial charge in [-0.1, -0.05) is 24.1 Å². The molecule has 0 bridgehead atoms. The molecule has 0 radical (unpaired) electrons. The van der Waals surface area contributed by atoms with E-state index in [2.05, 4.69) is 33.5 Å². The molecule has 164 valence electrons. The zero-order valence-corrected chi connectivity index (χ0v) is 17.8. The molecule has 10 heteroatoms. The van der Waals surface area contributed by atoms with E-state index in [0.29, 0.717) is 29.8 Å². The maximum absolute atomic E-state index is 13.4. The van der Waals surface area contributed by atoms with Gasteiger partial charge in [0.15, 0.2) is 5.65 Å². The van der Waals surface area contributed by atoms with Gasteiger partial charge in [-0.2, -0.15) is 5.10 Å². The number of piperidine rings is 1. The Morgan fingerprint density at radius 3 is 3.03 bits per heavy atom. The molecule has 0 spiro atoms. The number of fused-ring (bicyclic) bond motifs is 1. The van der Waals surface area contributed by atoms with Gasteiger partial charge in [-0.15, -0.1) is 0 Å². The van der Waals surface area contributed by atoms with Crippen molar-refractivity contribution in [2.45, 2.75) is 18.9 Å². The van der Waals surface area contributed by atoms with Crippen molar-refractivity contribution in [1.82, 2.24) is 24.6 Å². The van der Waals surface area contributed by atoms with Gasteiger partial charge < -0.3 is 15.4 Å². The predicted octanol–water partition coefficient (Wildman–Crippen LogP) is 2.98. The quantitative estimate of drug-likeness (QED) is 0.480. The first-order valence-corrected chi connectivity index (χ1v) is 10.3. The van der Waals surface area contributed by atoms with E-state index in [4.69, 9.17) is 22.1 Å². The lowest BCUT2D eigenvalue weighted by atomic mass is 10.1. The second kappa shape index (κ2) is 9.24. The topological polar surface area (TPSA) is 99.2 Å². The van der Waals surface area contributed by atoms with Gasteiger partial charge in [0.2, 0.25) is 5.91 Å². The van der Waals surface area contributed by atoms with E-state index in [1.54, 1.807) is 9.58 Å². The van der Waals surface area contributed by atoms with Crippen LogP contribution in [-0.2, 0) is 4.79 Å². The Hall–Kier alpha value is -3.64. The van der Waals surface area contributed by atoms with Crippen LogP contribution in [0.1, 0.15) is 24.6 Å². The van der Waals surface area contributed by atoms with Gasteiger partial charge in [-0.05, 0) is 37.0 Å². The summed E-state index contributed by atoms with van der Waals surface area (Å²) >= 11 is 5.83. The van der Waals surface area contributed by atoms with Crippen LogP contribution < -0.4 is 10.5 Å². The first-order chi connectivity index (χ1) is 15.5. The molecule has 4 rings (SSSR count). The predicted molar refractivity (Wildman–Crippen MR) is 119 cm³/mol. The van der Waals surface area contributed by atoms with E-state index >= 15 is 0 Å². The SMILES string of the molecule is C=CC(=O)N1CCCC(n2nc(C#CCOc3cc(F)cc(Cl)c3)c3c(N)ncnc32)C1. The van der Waals surface area contributed by atoms with Gasteiger partial charge >= 0.3 is 0 Å². The lowest BCUT2D eigenvalue weighted by Gasteiger charge is -2.32. The number of halogens is 2. The largest absolute Gasteiger partial charge is 0.481 e. The number of hydrogen-bond donors (Lipinski definition) is 1. The number of likely N-dealkylation sites (tertiary alicyclic amines) is 1. The highest BCUT2D eigenvalue weighted by Crippen LogP contribution is 2.28. The first-order valence-electron chi connectivity index (χ1n) is 9.94. The third-order valence-electron chi connectivity index (χ3n) is 5.10. The minimum absolute atomic E-state index is 0.00717. The molecule has 1 saturated heterocycles. The number of amides is 1. The Labute approximate surface area is 188 Å². The molecule has 1 aromatic carbocycles. The van der Waals surface area contributed by atoms with Gasteiger partial charge in [-0.3, -0.25) is 4.79 Å². The molecule has 32 heavy (non-hydrogen) atoms. The van der Waals surface area contributed by atoms with Crippen molar-refractivity contribution in [2.75, 3.05) is 25.4 Å². The maximum Gasteiger partial charge on any atom is 0.246 e. The molecule has 1 fully saturated rings. The standard InChI is InChI=1S/C22H20ClFN6O2/c1-2-19(31)29-7-3-5-16(12-29)30-22-20(21(25)26-13-27-22)18(28-30)6-4-8-32-17-10-14(23)9-15(24)11-17/h2,9-11,13,16H,1,3,5,7-8,12H2,(H2,25,26,27). The Morgan fingerprint density at radius 1 is 1.41 bits per heavy atom. The van der Waals surface area contributed by atoms with Crippen LogP contribution in [0.25, 0.3) is 11.0 Å². The second-order valence-electron chi connectivity index (χ2n) is 7.23. The zero-order valence-electron chi connectivity index (χ0n) is 17.1. The number of hydrogen-bond acceptors (Lipinski definition) is 6. The Bertz CT molecular complexity index is 1230. The Kier molecular flexibility index (Phi) is 6.23. The molecule has 0 saturated carbocycles. The summed E-state index contributed by atoms with van der Waals surface area (Å²) in [5.41, 5.74) is 7.05. The van der Waals surface area contributed by atoms with E-state index in [0.717, 1.165) is 12.8 Å². The third kappa shape index (κ3) is 4.50. The number of carbonyl (C=O) groups is 1. The number of nitrogens with zero attached hydrogens (tertiary/aromatic N) is 5. The molecule has 1 atom stereocenters. The summed E-state index contributed by atoms with van der Waals surface area (Å²) in [6, 6.07) is 3.84. The van der Waals surface area contributed by atoms with Gasteiger partial charge in [0.25, 0.3) is 0 Å². The first kappa shape index (κ1) is 21.6. The number of carbonyl (C=O) groups excluding carboxylic acids is 1. The normalized spacial score (nSPS) is 15.8. The number of aromatic nitrogens is 4. The summed E-state index contributed by atoms with van der Waals surface area (Å²) in [6.45, 7) is 4.72. The average molecular weight is 455 g/mol. The van der Waals surface area contributed by atoms with Crippen LogP contribution in [0, 0.1) is 17.7 Å². The molecule has 1 aliphatic rings. The minimum atomic E-state index is -0.494. The second-order valence-corrected chi connectivity index (χ2v) is 7.67. The summed E-state index contributed by atoms with van der Waals surface area (Å²) in [5, 5.41) is 5.40. The van der Waals surface area contributed by atoms with Crippen LogP contribution in [0.3, 0.4) is 0 Å². The molecular formula is C22H20ClFN6O2. The van der Waals surface area contributed by atoms with Crippen molar-refractivity contribution < 1.29 is 13.9 Å². The van der Waals surface area contributed by atoms with Crippen LogP contribution in [0.4, 0.5) is 10.2 Å². The fourth-order valence-corrected chi connectivity index (χ4v) is 3.88. The Morgan fingerprint density at radius 2 is 2.25 bits per heavy atom. The number of nitrogen functional groups attached to an aromatic ring is 1. The fourth-order valence-electron chi connectivity index (χ4n) is 3.67. The number of anilines is 1. The molecule has 8 nitrogen and oxygen atoms in total. The molecule has 2 N–H and O–H groups in total. The van der Waals surface area contributed by atoms with Gasteiger partial charge in [0, 0.05) is 24.2 Å². The van der Waals surface area contributed by atoms with Crippen LogP contribution in [0.15, 0.2) is 37.2 Å². The van der Waals surface area contributed by atoms with E-state index in [1.807, 2.05) is 0 Å². The van der Waals surface area contributed by atoms with E-state index in [9.17, 15) is 9.18 Å². The smallest absolute Gasteiger partial charge is 0.246 e. The number of benzene rings is 1. The van der Waals surface area contributed by atoms with Crippen molar-refractivity contribution in [2.24, 2.45) is 0 Å². The molecular weight excluding hydrogens is 435 g/mol. The fraction of sp³-hybridized carbons (Fsp3) is 0.273. The molecule has 3 aromatic rings. The highest BCUT2D eigenvalue weighted by Gasteiger charge is 2.27. The summed E-state index contributed by atoms with van der Waals surface area (Å²) < 4.78 is 20.6. The summed E-state index contributed by atoms with van der Waals surface area (Å²) in [6.07, 6.45) is 4.35. The molecule has 3 heterocycles. The van der Waals surface area contributed by atoms with Crippen molar-refractivity contribution in [3.8, 4) is 17.6 Å². The summed E-state index contributed by atoms with van der Waals surface area (Å²) in [7, 11) is 0. The lowest BCUT2D eigenvalue weighted by Crippen LogP contribution is -2.40. The van der Waals surface area contributed by atoms with Crippen LogP contribution in [0.5, 0.6) is 5.75 Å². The lowest BCUT2D eigenvalue weighted by molar-refractivity contribution is -0.127.